The molecular weight excluding hydrogens is 148 g/mol. The van der Waals surface area contributed by atoms with Gasteiger partial charge in [0.25, 0.3) is 0 Å². The van der Waals surface area contributed by atoms with Gasteiger partial charge in [0.15, 0.2) is 0 Å². The Bertz CT molecular complexity index is 102. The number of hydrogen-bond acceptors (Lipinski definition) is 2. The maximum atomic E-state index is 3.17. The lowest BCUT2D eigenvalue weighted by Crippen LogP contribution is -2.39. The number of rotatable bonds is 6. The molecule has 2 heteroatoms. The van der Waals surface area contributed by atoms with Crippen molar-refractivity contribution in [3.63, 3.8) is 0 Å². The van der Waals surface area contributed by atoms with Crippen molar-refractivity contribution in [2.45, 2.75) is 33.2 Å². The van der Waals surface area contributed by atoms with E-state index in [2.05, 4.69) is 38.0 Å². The molecule has 0 amide bonds. The van der Waals surface area contributed by atoms with E-state index in [9.17, 15) is 0 Å². The Balaban J connectivity index is 3.77. The smallest absolute Gasteiger partial charge is 0.0113 e. The minimum Gasteiger partial charge on any atom is -0.318 e. The van der Waals surface area contributed by atoms with Crippen molar-refractivity contribution in [3.8, 4) is 0 Å². The van der Waals surface area contributed by atoms with Crippen LogP contribution in [0, 0.1) is 5.92 Å². The SMILES string of the molecule is CCC(C(C)C)N(C)CCNC. The highest BCUT2D eigenvalue weighted by Gasteiger charge is 2.15. The average molecular weight is 172 g/mol. The fourth-order valence-corrected chi connectivity index (χ4v) is 1.75. The van der Waals surface area contributed by atoms with Crippen molar-refractivity contribution in [1.29, 1.82) is 0 Å². The molecule has 1 atom stereocenters. The van der Waals surface area contributed by atoms with Gasteiger partial charge in [0, 0.05) is 19.1 Å². The standard InChI is InChI=1S/C10H24N2/c1-6-10(9(2)3)12(5)8-7-11-4/h9-11H,6-8H2,1-5H3. The van der Waals surface area contributed by atoms with Gasteiger partial charge in [-0.05, 0) is 26.4 Å². The van der Waals surface area contributed by atoms with Crippen molar-refractivity contribution in [3.05, 3.63) is 0 Å². The molecule has 0 aromatic rings. The van der Waals surface area contributed by atoms with Gasteiger partial charge < -0.3 is 10.2 Å². The summed E-state index contributed by atoms with van der Waals surface area (Å²) < 4.78 is 0. The molecule has 0 bridgehead atoms. The van der Waals surface area contributed by atoms with E-state index in [0.29, 0.717) is 0 Å². The fourth-order valence-electron chi connectivity index (χ4n) is 1.75. The quantitative estimate of drug-likeness (QED) is 0.654. The molecule has 0 aliphatic rings. The van der Waals surface area contributed by atoms with Crippen LogP contribution in [0.4, 0.5) is 0 Å². The summed E-state index contributed by atoms with van der Waals surface area (Å²) in [4.78, 5) is 2.45. The minimum atomic E-state index is 0.735. The zero-order valence-electron chi connectivity index (χ0n) is 9.22. The topological polar surface area (TPSA) is 15.3 Å². The van der Waals surface area contributed by atoms with Crippen LogP contribution in [0.5, 0.6) is 0 Å². The van der Waals surface area contributed by atoms with Gasteiger partial charge in [-0.2, -0.15) is 0 Å². The van der Waals surface area contributed by atoms with Crippen molar-refractivity contribution in [2.24, 2.45) is 5.92 Å². The van der Waals surface area contributed by atoms with E-state index in [4.69, 9.17) is 0 Å². The van der Waals surface area contributed by atoms with Crippen molar-refractivity contribution >= 4 is 0 Å². The van der Waals surface area contributed by atoms with Crippen LogP contribution in [0.1, 0.15) is 27.2 Å². The van der Waals surface area contributed by atoms with Gasteiger partial charge in [0.1, 0.15) is 0 Å². The molecular formula is C10H24N2. The van der Waals surface area contributed by atoms with Crippen LogP contribution in [-0.2, 0) is 0 Å². The minimum absolute atomic E-state index is 0.735. The number of likely N-dealkylation sites (N-methyl/N-ethyl adjacent to an activating group) is 2. The lowest BCUT2D eigenvalue weighted by atomic mass is 10.0. The van der Waals surface area contributed by atoms with E-state index in [0.717, 1.165) is 25.0 Å². The summed E-state index contributed by atoms with van der Waals surface area (Å²) in [6.45, 7) is 9.08. The number of nitrogens with one attached hydrogen (secondary N) is 1. The summed E-state index contributed by atoms with van der Waals surface area (Å²) in [7, 11) is 4.22. The molecule has 0 saturated carbocycles. The van der Waals surface area contributed by atoms with E-state index in [1.807, 2.05) is 7.05 Å². The fraction of sp³-hybridized carbons (Fsp3) is 1.00. The van der Waals surface area contributed by atoms with Crippen molar-refractivity contribution < 1.29 is 0 Å². The first-order chi connectivity index (χ1) is 5.63. The Kier molecular flexibility index (Phi) is 6.39. The van der Waals surface area contributed by atoms with Crippen LogP contribution in [0.2, 0.25) is 0 Å². The maximum absolute atomic E-state index is 3.17. The highest BCUT2D eigenvalue weighted by molar-refractivity contribution is 4.70. The third kappa shape index (κ3) is 4.07. The maximum Gasteiger partial charge on any atom is 0.0113 e. The molecule has 0 radical (unpaired) electrons. The molecule has 0 spiro atoms. The van der Waals surface area contributed by atoms with E-state index < -0.39 is 0 Å². The molecule has 0 saturated heterocycles. The van der Waals surface area contributed by atoms with Crippen LogP contribution in [0.25, 0.3) is 0 Å². The Hall–Kier alpha value is -0.0800. The highest BCUT2D eigenvalue weighted by atomic mass is 15.1. The molecule has 1 unspecified atom stereocenters. The Morgan fingerprint density at radius 1 is 1.33 bits per heavy atom. The Labute approximate surface area is 77.3 Å². The van der Waals surface area contributed by atoms with Crippen LogP contribution < -0.4 is 5.32 Å². The van der Waals surface area contributed by atoms with Gasteiger partial charge in [-0.1, -0.05) is 20.8 Å². The van der Waals surface area contributed by atoms with E-state index in [1.54, 1.807) is 0 Å². The second-order valence-electron chi connectivity index (χ2n) is 3.80. The van der Waals surface area contributed by atoms with Crippen LogP contribution in [0.15, 0.2) is 0 Å². The summed E-state index contributed by atoms with van der Waals surface area (Å²) in [6, 6.07) is 0.735. The van der Waals surface area contributed by atoms with Gasteiger partial charge in [0.05, 0.1) is 0 Å². The second-order valence-corrected chi connectivity index (χ2v) is 3.80. The molecule has 1 N–H and O–H groups in total. The van der Waals surface area contributed by atoms with E-state index in [1.165, 1.54) is 6.42 Å². The van der Waals surface area contributed by atoms with Gasteiger partial charge in [0.2, 0.25) is 0 Å². The first kappa shape index (κ1) is 11.9. The van der Waals surface area contributed by atoms with Crippen molar-refractivity contribution in [2.75, 3.05) is 27.2 Å². The summed E-state index contributed by atoms with van der Waals surface area (Å²) in [6.07, 6.45) is 1.25. The molecule has 0 rings (SSSR count). The average Bonchev–Trinajstić information content (AvgIpc) is 2.01. The lowest BCUT2D eigenvalue weighted by Gasteiger charge is -2.30. The molecule has 0 heterocycles. The van der Waals surface area contributed by atoms with E-state index >= 15 is 0 Å². The molecule has 0 aromatic carbocycles. The van der Waals surface area contributed by atoms with Crippen LogP contribution in [0.3, 0.4) is 0 Å². The monoisotopic (exact) mass is 172 g/mol. The largest absolute Gasteiger partial charge is 0.318 e. The van der Waals surface area contributed by atoms with Gasteiger partial charge in [-0.25, -0.2) is 0 Å². The normalized spacial score (nSPS) is 14.2. The summed E-state index contributed by atoms with van der Waals surface area (Å²) >= 11 is 0. The summed E-state index contributed by atoms with van der Waals surface area (Å²) in [5, 5.41) is 3.17. The Morgan fingerprint density at radius 3 is 2.25 bits per heavy atom. The van der Waals surface area contributed by atoms with Crippen LogP contribution >= 0.6 is 0 Å². The van der Waals surface area contributed by atoms with Gasteiger partial charge in [-0.15, -0.1) is 0 Å². The zero-order chi connectivity index (χ0) is 9.56. The van der Waals surface area contributed by atoms with Crippen molar-refractivity contribution in [1.82, 2.24) is 10.2 Å². The van der Waals surface area contributed by atoms with Gasteiger partial charge >= 0.3 is 0 Å². The third-order valence-corrected chi connectivity index (χ3v) is 2.47. The molecule has 0 fully saturated rings. The molecule has 0 aromatic heterocycles. The first-order valence-corrected chi connectivity index (χ1v) is 4.98. The second kappa shape index (κ2) is 6.44. The molecule has 12 heavy (non-hydrogen) atoms. The predicted molar refractivity (Wildman–Crippen MR) is 55.5 cm³/mol. The molecule has 2 nitrogen and oxygen atoms in total. The highest BCUT2D eigenvalue weighted by Crippen LogP contribution is 2.11. The lowest BCUT2D eigenvalue weighted by molar-refractivity contribution is 0.188. The first-order valence-electron chi connectivity index (χ1n) is 4.98. The van der Waals surface area contributed by atoms with E-state index in [-0.39, 0.29) is 0 Å². The third-order valence-electron chi connectivity index (χ3n) is 2.47. The molecule has 0 aliphatic carbocycles. The summed E-state index contributed by atoms with van der Waals surface area (Å²) in [5.41, 5.74) is 0. The van der Waals surface area contributed by atoms with Crippen LogP contribution in [-0.4, -0.2) is 38.1 Å². The number of hydrogen-bond donors (Lipinski definition) is 1. The zero-order valence-corrected chi connectivity index (χ0v) is 9.22. The summed E-state index contributed by atoms with van der Waals surface area (Å²) in [5.74, 6) is 0.761. The van der Waals surface area contributed by atoms with Gasteiger partial charge in [-0.3, -0.25) is 0 Å². The molecule has 74 valence electrons. The molecule has 0 aliphatic heterocycles. The Morgan fingerprint density at radius 2 is 1.92 bits per heavy atom. The predicted octanol–water partition coefficient (Wildman–Crippen LogP) is 1.57. The number of nitrogens with zero attached hydrogens (tertiary/aromatic N) is 1.